The molecule has 2 heterocycles. The van der Waals surface area contributed by atoms with Crippen LogP contribution in [0.2, 0.25) is 0 Å². The number of hydrogen-bond donors (Lipinski definition) is 0. The van der Waals surface area contributed by atoms with E-state index in [2.05, 4.69) is 29.9 Å². The summed E-state index contributed by atoms with van der Waals surface area (Å²) in [5.41, 5.74) is 3.80. The molecule has 1 aliphatic heterocycles. The topological polar surface area (TPSA) is 69.9 Å². The fraction of sp³-hybridized carbons (Fsp3) is 0.368. The summed E-state index contributed by atoms with van der Waals surface area (Å²) >= 11 is 0. The number of aromatic nitrogens is 2. The van der Waals surface area contributed by atoms with Gasteiger partial charge in [-0.05, 0) is 49.4 Å². The van der Waals surface area contributed by atoms with Crippen molar-refractivity contribution in [2.75, 3.05) is 4.90 Å². The van der Waals surface area contributed by atoms with Gasteiger partial charge in [-0.15, -0.1) is 0 Å². The van der Waals surface area contributed by atoms with Crippen LogP contribution in [-0.2, 0) is 10.2 Å². The molecule has 0 aliphatic carbocycles. The van der Waals surface area contributed by atoms with Crippen LogP contribution in [0.1, 0.15) is 50.6 Å². The molecule has 24 heavy (non-hydrogen) atoms. The van der Waals surface area contributed by atoms with E-state index in [0.717, 1.165) is 22.3 Å². The van der Waals surface area contributed by atoms with Gasteiger partial charge in [-0.2, -0.15) is 5.26 Å². The molecule has 1 aromatic heterocycles. The highest BCUT2D eigenvalue weighted by Gasteiger charge is 2.46. The molecule has 0 fully saturated rings. The van der Waals surface area contributed by atoms with E-state index >= 15 is 0 Å². The first kappa shape index (κ1) is 16.1. The molecular formula is C19H20N4O. The number of amides is 1. The number of nitrogens with zero attached hydrogens (tertiary/aromatic N) is 4. The predicted octanol–water partition coefficient (Wildman–Crippen LogP) is 3.68. The molecular weight excluding hydrogens is 300 g/mol. The molecule has 0 bridgehead atoms. The molecule has 0 unspecified atom stereocenters. The van der Waals surface area contributed by atoms with Crippen LogP contribution >= 0.6 is 0 Å². The zero-order valence-electron chi connectivity index (χ0n) is 14.6. The van der Waals surface area contributed by atoms with Crippen molar-refractivity contribution in [1.29, 1.82) is 5.26 Å². The molecule has 5 nitrogen and oxygen atoms in total. The summed E-state index contributed by atoms with van der Waals surface area (Å²) < 4.78 is 0. The largest absolute Gasteiger partial charge is 0.272 e. The van der Waals surface area contributed by atoms with E-state index in [-0.39, 0.29) is 11.8 Å². The molecule has 0 spiro atoms. The van der Waals surface area contributed by atoms with Gasteiger partial charge in [0.25, 0.3) is 0 Å². The third kappa shape index (κ3) is 2.26. The van der Waals surface area contributed by atoms with E-state index < -0.39 is 5.41 Å². The Labute approximate surface area is 142 Å². The quantitative estimate of drug-likeness (QED) is 0.791. The summed E-state index contributed by atoms with van der Waals surface area (Å²) in [6, 6.07) is 3.98. The molecule has 1 aliphatic rings. The number of fused-ring (bicyclic) bond motifs is 1. The maximum absolute atomic E-state index is 12.7. The second kappa shape index (κ2) is 5.41. The van der Waals surface area contributed by atoms with Crippen LogP contribution in [0.5, 0.6) is 0 Å². The second-order valence-corrected chi connectivity index (χ2v) is 7.00. The third-order valence-electron chi connectivity index (χ3n) is 4.59. The standard InChI is InChI=1S/C19H20N4O/c1-11(2)15-6-13(14-8-21-12(3)22-9-14)7-16-17(15)19(4,5)18(24)23(16)10-20/h6-9,11H,1-5H3. The summed E-state index contributed by atoms with van der Waals surface area (Å²) in [5, 5.41) is 9.47. The number of nitriles is 1. The van der Waals surface area contributed by atoms with Crippen molar-refractivity contribution >= 4 is 11.6 Å². The SMILES string of the molecule is Cc1ncc(-c2cc(C(C)C)c3c(c2)N(C#N)C(=O)C3(C)C)cn1. The number of aryl methyl sites for hydroxylation is 1. The average Bonchev–Trinajstić information content (AvgIpc) is 2.73. The minimum atomic E-state index is -0.701. The summed E-state index contributed by atoms with van der Waals surface area (Å²) in [6.45, 7) is 9.80. The summed E-state index contributed by atoms with van der Waals surface area (Å²) in [7, 11) is 0. The Morgan fingerprint density at radius 1 is 1.17 bits per heavy atom. The highest BCUT2D eigenvalue weighted by atomic mass is 16.2. The monoisotopic (exact) mass is 320 g/mol. The van der Waals surface area contributed by atoms with Gasteiger partial charge in [0.2, 0.25) is 5.91 Å². The molecule has 0 saturated carbocycles. The van der Waals surface area contributed by atoms with E-state index in [4.69, 9.17) is 0 Å². The van der Waals surface area contributed by atoms with Crippen molar-refractivity contribution in [2.45, 2.75) is 46.0 Å². The van der Waals surface area contributed by atoms with Gasteiger partial charge >= 0.3 is 0 Å². The fourth-order valence-electron chi connectivity index (χ4n) is 3.26. The highest BCUT2D eigenvalue weighted by molar-refractivity contribution is 6.10. The normalized spacial score (nSPS) is 15.5. The highest BCUT2D eigenvalue weighted by Crippen LogP contribution is 2.47. The molecule has 0 N–H and O–H groups in total. The molecule has 3 rings (SSSR count). The Bertz CT molecular complexity index is 860. The minimum absolute atomic E-state index is 0.181. The van der Waals surface area contributed by atoms with Crippen LogP contribution in [0, 0.1) is 18.4 Å². The Morgan fingerprint density at radius 2 is 1.79 bits per heavy atom. The lowest BCUT2D eigenvalue weighted by Crippen LogP contribution is -2.33. The summed E-state index contributed by atoms with van der Waals surface area (Å²) in [4.78, 5) is 22.4. The molecule has 122 valence electrons. The number of carbonyl (C=O) groups excluding carboxylic acids is 1. The van der Waals surface area contributed by atoms with E-state index in [1.54, 1.807) is 12.4 Å². The number of hydrogen-bond acceptors (Lipinski definition) is 4. The Kier molecular flexibility index (Phi) is 3.64. The van der Waals surface area contributed by atoms with Gasteiger partial charge in [-0.25, -0.2) is 14.9 Å². The lowest BCUT2D eigenvalue weighted by Gasteiger charge is -2.22. The van der Waals surface area contributed by atoms with Crippen molar-refractivity contribution in [3.05, 3.63) is 41.5 Å². The summed E-state index contributed by atoms with van der Waals surface area (Å²) in [6.07, 6.45) is 5.57. The van der Waals surface area contributed by atoms with Crippen molar-refractivity contribution in [2.24, 2.45) is 0 Å². The lowest BCUT2D eigenvalue weighted by atomic mass is 9.79. The molecule has 1 amide bonds. The van der Waals surface area contributed by atoms with Crippen molar-refractivity contribution in [3.63, 3.8) is 0 Å². The van der Waals surface area contributed by atoms with Crippen LogP contribution in [0.15, 0.2) is 24.5 Å². The van der Waals surface area contributed by atoms with E-state index in [1.165, 1.54) is 4.90 Å². The molecule has 5 heteroatoms. The first-order valence-electron chi connectivity index (χ1n) is 7.99. The molecule has 2 aromatic rings. The number of carbonyl (C=O) groups is 1. The lowest BCUT2D eigenvalue weighted by molar-refractivity contribution is -0.121. The Morgan fingerprint density at radius 3 is 2.33 bits per heavy atom. The number of rotatable bonds is 2. The zero-order chi connectivity index (χ0) is 17.6. The predicted molar refractivity (Wildman–Crippen MR) is 92.4 cm³/mol. The minimum Gasteiger partial charge on any atom is -0.272 e. The average molecular weight is 320 g/mol. The Hall–Kier alpha value is -2.74. The van der Waals surface area contributed by atoms with Crippen LogP contribution < -0.4 is 4.90 Å². The second-order valence-electron chi connectivity index (χ2n) is 7.00. The van der Waals surface area contributed by atoms with Gasteiger partial charge < -0.3 is 0 Å². The van der Waals surface area contributed by atoms with E-state index in [0.29, 0.717) is 11.5 Å². The molecule has 0 atom stereocenters. The smallest absolute Gasteiger partial charge is 0.250 e. The van der Waals surface area contributed by atoms with Crippen LogP contribution in [-0.4, -0.2) is 15.9 Å². The van der Waals surface area contributed by atoms with E-state index in [1.807, 2.05) is 33.0 Å². The first-order chi connectivity index (χ1) is 11.3. The van der Waals surface area contributed by atoms with E-state index in [9.17, 15) is 10.1 Å². The van der Waals surface area contributed by atoms with Crippen LogP contribution in [0.4, 0.5) is 5.69 Å². The van der Waals surface area contributed by atoms with Gasteiger partial charge in [0.1, 0.15) is 5.82 Å². The first-order valence-corrected chi connectivity index (χ1v) is 7.99. The Balaban J connectivity index is 2.30. The molecule has 0 radical (unpaired) electrons. The summed E-state index contributed by atoms with van der Waals surface area (Å²) in [5.74, 6) is 0.758. The molecule has 1 aromatic carbocycles. The van der Waals surface area contributed by atoms with Gasteiger partial charge in [0, 0.05) is 18.0 Å². The van der Waals surface area contributed by atoms with Crippen LogP contribution in [0.3, 0.4) is 0 Å². The number of anilines is 1. The maximum Gasteiger partial charge on any atom is 0.250 e. The van der Waals surface area contributed by atoms with Crippen molar-refractivity contribution in [1.82, 2.24) is 9.97 Å². The van der Waals surface area contributed by atoms with Gasteiger partial charge in [-0.1, -0.05) is 19.9 Å². The van der Waals surface area contributed by atoms with Crippen molar-refractivity contribution < 1.29 is 4.79 Å². The van der Waals surface area contributed by atoms with Gasteiger partial charge in [0.15, 0.2) is 6.19 Å². The van der Waals surface area contributed by atoms with Crippen LogP contribution in [0.25, 0.3) is 11.1 Å². The number of benzene rings is 1. The van der Waals surface area contributed by atoms with Gasteiger partial charge in [-0.3, -0.25) is 4.79 Å². The zero-order valence-corrected chi connectivity index (χ0v) is 14.6. The third-order valence-corrected chi connectivity index (χ3v) is 4.59. The maximum atomic E-state index is 12.7. The fourth-order valence-corrected chi connectivity index (χ4v) is 3.26. The molecule has 0 saturated heterocycles. The van der Waals surface area contributed by atoms with Crippen molar-refractivity contribution in [3.8, 4) is 17.3 Å². The van der Waals surface area contributed by atoms with Gasteiger partial charge in [0.05, 0.1) is 11.1 Å².